The summed E-state index contributed by atoms with van der Waals surface area (Å²) in [6, 6.07) is 7.91. The van der Waals surface area contributed by atoms with Gasteiger partial charge in [-0.05, 0) is 17.7 Å². The second-order valence-corrected chi connectivity index (χ2v) is 4.00. The lowest BCUT2D eigenvalue weighted by Crippen LogP contribution is -2.31. The van der Waals surface area contributed by atoms with E-state index in [9.17, 15) is 13.2 Å². The van der Waals surface area contributed by atoms with Gasteiger partial charge >= 0.3 is 6.18 Å². The molecule has 0 saturated carbocycles. The minimum Gasteiger partial charge on any atom is -0.271 e. The maximum atomic E-state index is 12.4. The van der Waals surface area contributed by atoms with Gasteiger partial charge in [0.25, 0.3) is 0 Å². The Labute approximate surface area is 102 Å². The molecule has 96 valence electrons. The van der Waals surface area contributed by atoms with Gasteiger partial charge in [0.2, 0.25) is 0 Å². The molecule has 0 bridgehead atoms. The fourth-order valence-electron chi connectivity index (χ4n) is 1.78. The molecule has 3 nitrogen and oxygen atoms in total. The molecule has 0 aliphatic carbocycles. The lowest BCUT2D eigenvalue weighted by molar-refractivity contribution is -0.140. The number of nitrogens with two attached hydrogens (primary N) is 1. The minimum absolute atomic E-state index is 0.425. The van der Waals surface area contributed by atoms with E-state index in [2.05, 4.69) is 10.4 Å². The van der Waals surface area contributed by atoms with E-state index < -0.39 is 18.6 Å². The van der Waals surface area contributed by atoms with Crippen LogP contribution in [0.5, 0.6) is 0 Å². The van der Waals surface area contributed by atoms with E-state index in [0.717, 1.165) is 10.9 Å². The van der Waals surface area contributed by atoms with Crippen LogP contribution in [-0.2, 0) is 0 Å². The zero-order valence-corrected chi connectivity index (χ0v) is 9.41. The first-order chi connectivity index (χ1) is 8.49. The third kappa shape index (κ3) is 2.96. The maximum absolute atomic E-state index is 12.4. The molecule has 0 aliphatic heterocycles. The highest BCUT2D eigenvalue weighted by Gasteiger charge is 2.32. The summed E-state index contributed by atoms with van der Waals surface area (Å²) >= 11 is 0. The third-order valence-corrected chi connectivity index (χ3v) is 2.65. The summed E-state index contributed by atoms with van der Waals surface area (Å²) in [6.07, 6.45) is -3.88. The monoisotopic (exact) mass is 255 g/mol. The number of para-hydroxylation sites is 1. The predicted octanol–water partition coefficient (Wildman–Crippen LogP) is 2.69. The van der Waals surface area contributed by atoms with Gasteiger partial charge in [-0.3, -0.25) is 16.3 Å². The number of fused-ring (bicyclic) bond motifs is 1. The Balaban J connectivity index is 2.33. The van der Waals surface area contributed by atoms with Crippen LogP contribution in [-0.4, -0.2) is 11.2 Å². The van der Waals surface area contributed by atoms with Gasteiger partial charge in [0, 0.05) is 11.6 Å². The zero-order valence-electron chi connectivity index (χ0n) is 9.41. The molecule has 0 saturated heterocycles. The van der Waals surface area contributed by atoms with Gasteiger partial charge in [0.05, 0.1) is 18.0 Å². The Morgan fingerprint density at radius 3 is 2.67 bits per heavy atom. The Kier molecular flexibility index (Phi) is 3.49. The summed E-state index contributed by atoms with van der Waals surface area (Å²) in [5, 5.41) is 0.789. The molecule has 0 spiro atoms. The van der Waals surface area contributed by atoms with E-state index in [1.807, 2.05) is 12.1 Å². The van der Waals surface area contributed by atoms with Crippen LogP contribution in [0.25, 0.3) is 10.9 Å². The van der Waals surface area contributed by atoms with Gasteiger partial charge in [-0.25, -0.2) is 0 Å². The molecule has 18 heavy (non-hydrogen) atoms. The van der Waals surface area contributed by atoms with Crippen LogP contribution in [0, 0.1) is 0 Å². The molecule has 1 aromatic heterocycles. The summed E-state index contributed by atoms with van der Waals surface area (Å²) in [5.74, 6) is 5.18. The Bertz CT molecular complexity index is 539. The molecule has 1 unspecified atom stereocenters. The van der Waals surface area contributed by atoms with E-state index >= 15 is 0 Å². The van der Waals surface area contributed by atoms with Crippen molar-refractivity contribution in [3.8, 4) is 0 Å². The van der Waals surface area contributed by atoms with Crippen molar-refractivity contribution in [1.82, 2.24) is 10.4 Å². The topological polar surface area (TPSA) is 50.9 Å². The van der Waals surface area contributed by atoms with E-state index in [1.54, 1.807) is 18.2 Å². The summed E-state index contributed by atoms with van der Waals surface area (Å²) in [5.41, 5.74) is 3.34. The molecule has 2 rings (SSSR count). The largest absolute Gasteiger partial charge is 0.390 e. The number of hydrogen-bond acceptors (Lipinski definition) is 3. The molecule has 6 heteroatoms. The molecule has 0 aliphatic rings. The van der Waals surface area contributed by atoms with Crippen molar-refractivity contribution in [3.63, 3.8) is 0 Å². The average molecular weight is 255 g/mol. The second kappa shape index (κ2) is 4.91. The van der Waals surface area contributed by atoms with Crippen molar-refractivity contribution in [2.75, 3.05) is 0 Å². The number of aromatic nitrogens is 1. The van der Waals surface area contributed by atoms with Crippen molar-refractivity contribution in [1.29, 1.82) is 0 Å². The number of rotatable bonds is 3. The number of nitrogens with zero attached hydrogens (tertiary/aromatic N) is 1. The van der Waals surface area contributed by atoms with E-state index in [4.69, 9.17) is 5.84 Å². The van der Waals surface area contributed by atoms with E-state index in [-0.39, 0.29) is 0 Å². The second-order valence-electron chi connectivity index (χ2n) is 4.00. The van der Waals surface area contributed by atoms with Crippen molar-refractivity contribution >= 4 is 10.9 Å². The first kappa shape index (κ1) is 12.8. The van der Waals surface area contributed by atoms with Crippen molar-refractivity contribution < 1.29 is 13.2 Å². The van der Waals surface area contributed by atoms with Gasteiger partial charge in [-0.1, -0.05) is 18.2 Å². The number of nitrogens with one attached hydrogen (secondary N) is 1. The Hall–Kier alpha value is -1.66. The van der Waals surface area contributed by atoms with Crippen LogP contribution >= 0.6 is 0 Å². The average Bonchev–Trinajstić information content (AvgIpc) is 2.34. The first-order valence-corrected chi connectivity index (χ1v) is 5.37. The highest BCUT2D eigenvalue weighted by Crippen LogP contribution is 2.29. The van der Waals surface area contributed by atoms with Crippen molar-refractivity contribution in [2.24, 2.45) is 5.84 Å². The summed E-state index contributed by atoms with van der Waals surface area (Å²) in [6.45, 7) is 0. The number of hydrazine groups is 1. The van der Waals surface area contributed by atoms with Gasteiger partial charge in [-0.2, -0.15) is 13.2 Å². The van der Waals surface area contributed by atoms with Crippen LogP contribution < -0.4 is 11.3 Å². The summed E-state index contributed by atoms with van der Waals surface area (Å²) in [7, 11) is 0. The number of alkyl halides is 3. The molecular formula is C12H12F3N3. The highest BCUT2D eigenvalue weighted by molar-refractivity contribution is 5.78. The molecule has 1 atom stereocenters. The number of benzene rings is 1. The minimum atomic E-state index is -4.28. The lowest BCUT2D eigenvalue weighted by Gasteiger charge is -2.18. The normalized spacial score (nSPS) is 13.8. The Morgan fingerprint density at radius 1 is 1.28 bits per heavy atom. The van der Waals surface area contributed by atoms with E-state index in [0.29, 0.717) is 5.56 Å². The van der Waals surface area contributed by atoms with Crippen LogP contribution in [0.4, 0.5) is 13.2 Å². The number of pyridine rings is 1. The number of halogens is 3. The third-order valence-electron chi connectivity index (χ3n) is 2.65. The molecule has 0 fully saturated rings. The first-order valence-electron chi connectivity index (χ1n) is 5.37. The lowest BCUT2D eigenvalue weighted by atomic mass is 10.0. The van der Waals surface area contributed by atoms with Gasteiger partial charge in [0.15, 0.2) is 0 Å². The summed E-state index contributed by atoms with van der Waals surface area (Å²) in [4.78, 5) is 4.12. The van der Waals surface area contributed by atoms with Crippen LogP contribution in [0.3, 0.4) is 0 Å². The van der Waals surface area contributed by atoms with Gasteiger partial charge in [0.1, 0.15) is 0 Å². The standard InChI is InChI=1S/C12H12F3N3/c13-12(14,15)6-11(18-16)9-5-8-3-1-2-4-10(8)17-7-9/h1-5,7,11,18H,6,16H2. The number of hydrogen-bond donors (Lipinski definition) is 2. The molecule has 2 aromatic rings. The fourth-order valence-corrected chi connectivity index (χ4v) is 1.78. The SMILES string of the molecule is NNC(CC(F)(F)F)c1cnc2ccccc2c1. The van der Waals surface area contributed by atoms with Crippen LogP contribution in [0.15, 0.2) is 36.5 Å². The van der Waals surface area contributed by atoms with Crippen molar-refractivity contribution in [2.45, 2.75) is 18.6 Å². The zero-order chi connectivity index (χ0) is 13.2. The maximum Gasteiger partial charge on any atom is 0.390 e. The predicted molar refractivity (Wildman–Crippen MR) is 62.5 cm³/mol. The molecule has 0 amide bonds. The van der Waals surface area contributed by atoms with Gasteiger partial charge in [-0.15, -0.1) is 0 Å². The fraction of sp³-hybridized carbons (Fsp3) is 0.250. The quantitative estimate of drug-likeness (QED) is 0.655. The Morgan fingerprint density at radius 2 is 2.00 bits per heavy atom. The molecule has 3 N–H and O–H groups in total. The van der Waals surface area contributed by atoms with Crippen LogP contribution in [0.1, 0.15) is 18.0 Å². The smallest absolute Gasteiger partial charge is 0.271 e. The molecule has 1 heterocycles. The van der Waals surface area contributed by atoms with Gasteiger partial charge < -0.3 is 0 Å². The highest BCUT2D eigenvalue weighted by atomic mass is 19.4. The van der Waals surface area contributed by atoms with E-state index in [1.165, 1.54) is 6.20 Å². The molecular weight excluding hydrogens is 243 g/mol. The summed E-state index contributed by atoms with van der Waals surface area (Å²) < 4.78 is 37.1. The molecule has 0 radical (unpaired) electrons. The van der Waals surface area contributed by atoms with Crippen LogP contribution in [0.2, 0.25) is 0 Å². The van der Waals surface area contributed by atoms with Crippen molar-refractivity contribution in [3.05, 3.63) is 42.1 Å². The molecule has 1 aromatic carbocycles.